The molecule has 2 aliphatic rings. The van der Waals surface area contributed by atoms with Crippen LogP contribution in [0.15, 0.2) is 54.6 Å². The zero-order valence-electron chi connectivity index (χ0n) is 15.3. The van der Waals surface area contributed by atoms with Crippen LogP contribution in [0.4, 0.5) is 0 Å². The first-order valence-corrected chi connectivity index (χ1v) is 9.47. The molecule has 5 heteroatoms. The molecular weight excluding hydrogens is 340 g/mol. The van der Waals surface area contributed by atoms with Crippen molar-refractivity contribution >= 4 is 11.8 Å². The summed E-state index contributed by atoms with van der Waals surface area (Å²) in [6.45, 7) is 2.72. The van der Waals surface area contributed by atoms with Crippen molar-refractivity contribution in [3.8, 4) is 11.5 Å². The van der Waals surface area contributed by atoms with E-state index in [4.69, 9.17) is 4.74 Å². The number of rotatable bonds is 4. The molecule has 1 spiro atoms. The van der Waals surface area contributed by atoms with Crippen LogP contribution < -0.4 is 10.1 Å². The van der Waals surface area contributed by atoms with Crippen LogP contribution in [0.1, 0.15) is 31.2 Å². The average molecular weight is 364 g/mol. The summed E-state index contributed by atoms with van der Waals surface area (Å²) in [4.78, 5) is 25.8. The lowest BCUT2D eigenvalue weighted by Crippen LogP contribution is -2.49. The number of hydrogen-bond acceptors (Lipinski definition) is 4. The van der Waals surface area contributed by atoms with Crippen LogP contribution in [0.25, 0.3) is 0 Å². The fraction of sp³-hybridized carbons (Fsp3) is 0.364. The topological polar surface area (TPSA) is 58.6 Å². The Morgan fingerprint density at radius 1 is 0.852 bits per heavy atom. The van der Waals surface area contributed by atoms with Crippen molar-refractivity contribution < 1.29 is 14.3 Å². The molecule has 2 heterocycles. The summed E-state index contributed by atoms with van der Waals surface area (Å²) in [6.07, 6.45) is 2.78. The number of carbonyl (C=O) groups is 2. The molecule has 0 atom stereocenters. The molecule has 2 aromatic rings. The number of carbonyl (C=O) groups excluding carboxylic acids is 2. The second-order valence-electron chi connectivity index (χ2n) is 7.66. The molecule has 2 amide bonds. The Morgan fingerprint density at radius 2 is 1.44 bits per heavy atom. The molecule has 2 fully saturated rings. The number of para-hydroxylation sites is 1. The molecule has 4 rings (SSSR count). The van der Waals surface area contributed by atoms with Crippen molar-refractivity contribution in [3.05, 3.63) is 60.2 Å². The molecule has 27 heavy (non-hydrogen) atoms. The zero-order chi connectivity index (χ0) is 18.7. The van der Waals surface area contributed by atoms with E-state index in [0.717, 1.165) is 44.0 Å². The minimum absolute atomic E-state index is 0.117. The Labute approximate surface area is 159 Å². The third-order valence-electron chi connectivity index (χ3n) is 5.58. The third-order valence-corrected chi connectivity index (χ3v) is 5.58. The van der Waals surface area contributed by atoms with E-state index in [1.807, 2.05) is 42.5 Å². The van der Waals surface area contributed by atoms with Gasteiger partial charge in [0.25, 0.3) is 0 Å². The predicted molar refractivity (Wildman–Crippen MR) is 102 cm³/mol. The van der Waals surface area contributed by atoms with Gasteiger partial charge in [-0.25, -0.2) is 0 Å². The summed E-state index contributed by atoms with van der Waals surface area (Å²) in [5.41, 5.74) is 1.12. The van der Waals surface area contributed by atoms with Gasteiger partial charge in [0.1, 0.15) is 11.5 Å². The number of amides is 2. The third kappa shape index (κ3) is 4.37. The maximum atomic E-state index is 11.7. The van der Waals surface area contributed by atoms with Gasteiger partial charge in [-0.05, 0) is 61.2 Å². The molecule has 2 saturated heterocycles. The lowest BCUT2D eigenvalue weighted by atomic mass is 9.71. The molecule has 5 nitrogen and oxygen atoms in total. The van der Waals surface area contributed by atoms with Gasteiger partial charge in [0.2, 0.25) is 11.8 Å². The van der Waals surface area contributed by atoms with E-state index in [-0.39, 0.29) is 17.2 Å². The van der Waals surface area contributed by atoms with Gasteiger partial charge < -0.3 is 4.74 Å². The number of hydrogen-bond donors (Lipinski definition) is 1. The van der Waals surface area contributed by atoms with E-state index in [1.54, 1.807) is 0 Å². The first kappa shape index (κ1) is 17.7. The van der Waals surface area contributed by atoms with E-state index in [1.165, 1.54) is 5.56 Å². The molecule has 0 aromatic heterocycles. The van der Waals surface area contributed by atoms with E-state index >= 15 is 0 Å². The van der Waals surface area contributed by atoms with Gasteiger partial charge >= 0.3 is 0 Å². The highest BCUT2D eigenvalue weighted by atomic mass is 16.5. The lowest BCUT2D eigenvalue weighted by Gasteiger charge is -2.43. The summed E-state index contributed by atoms with van der Waals surface area (Å²) in [6, 6.07) is 17.9. The molecular formula is C22H24N2O3. The summed E-state index contributed by atoms with van der Waals surface area (Å²) in [5.74, 6) is 1.43. The minimum atomic E-state index is -0.122. The fourth-order valence-electron chi connectivity index (χ4n) is 4.07. The first-order chi connectivity index (χ1) is 13.1. The van der Waals surface area contributed by atoms with Crippen molar-refractivity contribution in [2.24, 2.45) is 5.41 Å². The Hall–Kier alpha value is -2.66. The second-order valence-corrected chi connectivity index (χ2v) is 7.66. The number of benzene rings is 2. The molecule has 2 aromatic carbocycles. The van der Waals surface area contributed by atoms with Crippen LogP contribution in [0.5, 0.6) is 11.5 Å². The largest absolute Gasteiger partial charge is 0.457 e. The van der Waals surface area contributed by atoms with Crippen molar-refractivity contribution in [3.63, 3.8) is 0 Å². The number of nitrogens with zero attached hydrogens (tertiary/aromatic N) is 1. The van der Waals surface area contributed by atoms with Crippen LogP contribution >= 0.6 is 0 Å². The highest BCUT2D eigenvalue weighted by Gasteiger charge is 2.41. The summed E-state index contributed by atoms with van der Waals surface area (Å²) in [5, 5.41) is 2.42. The van der Waals surface area contributed by atoms with E-state index in [9.17, 15) is 9.59 Å². The quantitative estimate of drug-likeness (QED) is 0.844. The molecule has 0 radical (unpaired) electrons. The summed E-state index contributed by atoms with van der Waals surface area (Å²) in [7, 11) is 0. The van der Waals surface area contributed by atoms with Crippen LogP contribution in [-0.4, -0.2) is 29.8 Å². The van der Waals surface area contributed by atoms with Gasteiger partial charge in [-0.2, -0.15) is 0 Å². The molecule has 2 aliphatic heterocycles. The Balaban J connectivity index is 1.31. The summed E-state index contributed by atoms with van der Waals surface area (Å²) >= 11 is 0. The number of likely N-dealkylation sites (tertiary alicyclic amines) is 1. The molecule has 0 saturated carbocycles. The molecule has 0 unspecified atom stereocenters. The fourth-order valence-corrected chi connectivity index (χ4v) is 4.07. The van der Waals surface area contributed by atoms with E-state index in [0.29, 0.717) is 12.8 Å². The van der Waals surface area contributed by atoms with Gasteiger partial charge in [-0.15, -0.1) is 0 Å². The number of piperidine rings is 2. The highest BCUT2D eigenvalue weighted by molar-refractivity contribution is 5.98. The molecule has 0 aliphatic carbocycles. The maximum absolute atomic E-state index is 11.7. The standard InChI is InChI=1S/C22H24N2O3/c25-20-14-22(15-21(26)23-20)10-12-24(13-11-22)16-17-6-8-19(9-7-17)27-18-4-2-1-3-5-18/h1-9H,10-16H2,(H,23,25,26). The Kier molecular flexibility index (Phi) is 4.94. The van der Waals surface area contributed by atoms with E-state index < -0.39 is 0 Å². The second kappa shape index (κ2) is 7.53. The summed E-state index contributed by atoms with van der Waals surface area (Å²) < 4.78 is 5.84. The number of nitrogens with one attached hydrogen (secondary N) is 1. The monoisotopic (exact) mass is 364 g/mol. The van der Waals surface area contributed by atoms with Gasteiger partial charge in [-0.3, -0.25) is 19.8 Å². The predicted octanol–water partition coefficient (Wildman–Crippen LogP) is 3.50. The SMILES string of the molecule is O=C1CC2(CCN(Cc3ccc(Oc4ccccc4)cc3)CC2)CC(=O)N1. The molecule has 1 N–H and O–H groups in total. The van der Waals surface area contributed by atoms with Crippen molar-refractivity contribution in [1.29, 1.82) is 0 Å². The minimum Gasteiger partial charge on any atom is -0.457 e. The first-order valence-electron chi connectivity index (χ1n) is 9.47. The lowest BCUT2D eigenvalue weighted by molar-refractivity contribution is -0.139. The van der Waals surface area contributed by atoms with E-state index in [2.05, 4.69) is 22.3 Å². The van der Waals surface area contributed by atoms with Crippen LogP contribution in [0.3, 0.4) is 0 Å². The van der Waals surface area contributed by atoms with Crippen molar-refractivity contribution in [1.82, 2.24) is 10.2 Å². The normalized spacial score (nSPS) is 19.7. The van der Waals surface area contributed by atoms with Crippen LogP contribution in [0.2, 0.25) is 0 Å². The maximum Gasteiger partial charge on any atom is 0.227 e. The Bertz CT molecular complexity index is 791. The van der Waals surface area contributed by atoms with Crippen LogP contribution in [-0.2, 0) is 16.1 Å². The smallest absolute Gasteiger partial charge is 0.227 e. The van der Waals surface area contributed by atoms with Gasteiger partial charge in [0.15, 0.2) is 0 Å². The van der Waals surface area contributed by atoms with Crippen molar-refractivity contribution in [2.75, 3.05) is 13.1 Å². The Morgan fingerprint density at radius 3 is 2.07 bits per heavy atom. The number of ether oxygens (including phenoxy) is 1. The van der Waals surface area contributed by atoms with Crippen LogP contribution in [0, 0.1) is 5.41 Å². The molecule has 0 bridgehead atoms. The van der Waals surface area contributed by atoms with Crippen molar-refractivity contribution in [2.45, 2.75) is 32.2 Å². The molecule has 140 valence electrons. The average Bonchev–Trinajstić information content (AvgIpc) is 2.65. The zero-order valence-corrected chi connectivity index (χ0v) is 15.3. The number of imide groups is 1. The van der Waals surface area contributed by atoms with Gasteiger partial charge in [-0.1, -0.05) is 30.3 Å². The van der Waals surface area contributed by atoms with Gasteiger partial charge in [0, 0.05) is 19.4 Å². The highest BCUT2D eigenvalue weighted by Crippen LogP contribution is 2.40. The van der Waals surface area contributed by atoms with Gasteiger partial charge in [0.05, 0.1) is 0 Å².